The van der Waals surface area contributed by atoms with Crippen molar-refractivity contribution < 1.29 is 19.1 Å². The maximum absolute atomic E-state index is 13.7. The van der Waals surface area contributed by atoms with Crippen LogP contribution in [-0.4, -0.2) is 67.4 Å². The lowest BCUT2D eigenvalue weighted by atomic mass is 10.0. The van der Waals surface area contributed by atoms with Gasteiger partial charge in [0.2, 0.25) is 5.91 Å². The lowest BCUT2D eigenvalue weighted by Crippen LogP contribution is -2.47. The molecule has 0 radical (unpaired) electrons. The summed E-state index contributed by atoms with van der Waals surface area (Å²) in [6.07, 6.45) is 0. The average molecular weight is 449 g/mol. The van der Waals surface area contributed by atoms with Gasteiger partial charge < -0.3 is 19.9 Å². The van der Waals surface area contributed by atoms with E-state index in [2.05, 4.69) is 17.1 Å². The first kappa shape index (κ1) is 22.5. The summed E-state index contributed by atoms with van der Waals surface area (Å²) in [5.74, 6) is -0.456. The van der Waals surface area contributed by atoms with E-state index >= 15 is 0 Å². The number of amides is 3. The van der Waals surface area contributed by atoms with Crippen molar-refractivity contribution in [3.05, 3.63) is 59.8 Å². The minimum absolute atomic E-state index is 0.175. The van der Waals surface area contributed by atoms with Gasteiger partial charge in [-0.05, 0) is 36.4 Å². The van der Waals surface area contributed by atoms with Gasteiger partial charge in [0.25, 0.3) is 11.8 Å². The predicted molar refractivity (Wildman–Crippen MR) is 127 cm³/mol. The van der Waals surface area contributed by atoms with E-state index < -0.39 is 0 Å². The Morgan fingerprint density at radius 3 is 2.24 bits per heavy atom. The number of hydrogen-bond donors (Lipinski definition) is 1. The van der Waals surface area contributed by atoms with Crippen LogP contribution in [0.3, 0.4) is 0 Å². The standard InChI is InChI=1S/C25H28N4O4/c1-4-27-13-15-28(16-14-27)23-22(18-9-11-19(12-10-18)26-17(2)30)24(31)29(25(23)32)20-7-5-6-8-21(20)33-3/h5-12H,4,13-16H2,1-3H3,(H,26,30). The van der Waals surface area contributed by atoms with Gasteiger partial charge in [-0.25, -0.2) is 4.90 Å². The summed E-state index contributed by atoms with van der Waals surface area (Å²) in [6.45, 7) is 7.48. The molecule has 2 heterocycles. The van der Waals surface area contributed by atoms with Crippen LogP contribution in [0, 0.1) is 0 Å². The number of benzene rings is 2. The number of methoxy groups -OCH3 is 1. The number of nitrogens with zero attached hydrogens (tertiary/aromatic N) is 3. The molecule has 8 nitrogen and oxygen atoms in total. The molecule has 0 aliphatic carbocycles. The molecule has 2 aromatic rings. The molecule has 4 rings (SSSR count). The van der Waals surface area contributed by atoms with Crippen LogP contribution < -0.4 is 15.0 Å². The summed E-state index contributed by atoms with van der Waals surface area (Å²) in [5.41, 5.74) is 2.46. The number of rotatable bonds is 6. The van der Waals surface area contributed by atoms with Gasteiger partial charge in [-0.3, -0.25) is 14.4 Å². The summed E-state index contributed by atoms with van der Waals surface area (Å²) >= 11 is 0. The number of likely N-dealkylation sites (N-methyl/N-ethyl adjacent to an activating group) is 1. The van der Waals surface area contributed by atoms with Gasteiger partial charge in [0.15, 0.2) is 0 Å². The number of carbonyl (C=O) groups is 3. The first-order valence-electron chi connectivity index (χ1n) is 11.1. The maximum atomic E-state index is 13.7. The van der Waals surface area contributed by atoms with E-state index in [4.69, 9.17) is 4.74 Å². The Kier molecular flexibility index (Phi) is 6.46. The molecule has 8 heteroatoms. The smallest absolute Gasteiger partial charge is 0.282 e. The van der Waals surface area contributed by atoms with Crippen LogP contribution in [0.15, 0.2) is 54.2 Å². The predicted octanol–water partition coefficient (Wildman–Crippen LogP) is 2.58. The van der Waals surface area contributed by atoms with Gasteiger partial charge in [-0.1, -0.05) is 31.2 Å². The Balaban J connectivity index is 1.77. The number of piperazine rings is 1. The molecule has 33 heavy (non-hydrogen) atoms. The molecule has 0 spiro atoms. The highest BCUT2D eigenvalue weighted by Gasteiger charge is 2.43. The molecule has 0 bridgehead atoms. The molecule has 0 atom stereocenters. The third-order valence-electron chi connectivity index (χ3n) is 6.02. The van der Waals surface area contributed by atoms with Gasteiger partial charge in [0.1, 0.15) is 11.4 Å². The first-order chi connectivity index (χ1) is 15.9. The Morgan fingerprint density at radius 1 is 0.970 bits per heavy atom. The van der Waals surface area contributed by atoms with Gasteiger partial charge in [-0.2, -0.15) is 0 Å². The Bertz CT molecular complexity index is 1100. The van der Waals surface area contributed by atoms with Crippen molar-refractivity contribution in [1.82, 2.24) is 9.80 Å². The summed E-state index contributed by atoms with van der Waals surface area (Å²) < 4.78 is 5.43. The molecule has 172 valence electrons. The monoisotopic (exact) mass is 448 g/mol. The molecule has 0 aromatic heterocycles. The molecule has 1 saturated heterocycles. The van der Waals surface area contributed by atoms with E-state index in [1.165, 1.54) is 18.9 Å². The Hall–Kier alpha value is -3.65. The zero-order valence-corrected chi connectivity index (χ0v) is 19.1. The van der Waals surface area contributed by atoms with Gasteiger partial charge in [-0.15, -0.1) is 0 Å². The number of imide groups is 1. The summed E-state index contributed by atoms with van der Waals surface area (Å²) in [7, 11) is 1.52. The van der Waals surface area contributed by atoms with Crippen molar-refractivity contribution in [1.29, 1.82) is 0 Å². The van der Waals surface area contributed by atoms with Crippen molar-refractivity contribution in [2.24, 2.45) is 0 Å². The van der Waals surface area contributed by atoms with Crippen molar-refractivity contribution in [3.63, 3.8) is 0 Å². The van der Waals surface area contributed by atoms with Gasteiger partial charge in [0.05, 0.1) is 18.4 Å². The number of carbonyl (C=O) groups excluding carboxylic acids is 3. The molecule has 0 saturated carbocycles. The van der Waals surface area contributed by atoms with Crippen molar-refractivity contribution in [2.45, 2.75) is 13.8 Å². The molecular formula is C25H28N4O4. The number of ether oxygens (including phenoxy) is 1. The Labute approximate surface area is 193 Å². The van der Waals surface area contributed by atoms with E-state index in [-0.39, 0.29) is 17.7 Å². The quantitative estimate of drug-likeness (QED) is 0.684. The van der Waals surface area contributed by atoms with E-state index in [1.54, 1.807) is 48.5 Å². The van der Waals surface area contributed by atoms with Crippen molar-refractivity contribution in [2.75, 3.05) is 50.1 Å². The van der Waals surface area contributed by atoms with Crippen molar-refractivity contribution in [3.8, 4) is 5.75 Å². The highest BCUT2D eigenvalue weighted by molar-refractivity contribution is 6.45. The second kappa shape index (κ2) is 9.46. The lowest BCUT2D eigenvalue weighted by Gasteiger charge is -2.36. The van der Waals surface area contributed by atoms with Crippen LogP contribution in [0.5, 0.6) is 5.75 Å². The molecule has 1 fully saturated rings. The molecule has 3 amide bonds. The Morgan fingerprint density at radius 2 is 1.64 bits per heavy atom. The van der Waals surface area contributed by atoms with E-state index in [0.29, 0.717) is 47.0 Å². The average Bonchev–Trinajstić information content (AvgIpc) is 3.09. The molecule has 2 aliphatic heterocycles. The third kappa shape index (κ3) is 4.34. The SMILES string of the molecule is CCN1CCN(C2=C(c3ccc(NC(C)=O)cc3)C(=O)N(c3ccccc3OC)C2=O)CC1. The fourth-order valence-electron chi connectivity index (χ4n) is 4.32. The largest absolute Gasteiger partial charge is 0.495 e. The second-order valence-electron chi connectivity index (χ2n) is 8.02. The molecule has 0 unspecified atom stereocenters. The molecule has 2 aromatic carbocycles. The minimum atomic E-state index is -0.385. The number of para-hydroxylation sites is 2. The fraction of sp³-hybridized carbons (Fsp3) is 0.320. The van der Waals surface area contributed by atoms with E-state index in [9.17, 15) is 14.4 Å². The number of nitrogens with one attached hydrogen (secondary N) is 1. The topological polar surface area (TPSA) is 82.2 Å². The normalized spacial score (nSPS) is 17.1. The zero-order chi connectivity index (χ0) is 23.5. The highest BCUT2D eigenvalue weighted by Crippen LogP contribution is 2.38. The summed E-state index contributed by atoms with van der Waals surface area (Å²) in [4.78, 5) is 44.3. The van der Waals surface area contributed by atoms with Crippen LogP contribution in [0.2, 0.25) is 0 Å². The maximum Gasteiger partial charge on any atom is 0.282 e. The molecule has 1 N–H and O–H groups in total. The van der Waals surface area contributed by atoms with E-state index in [0.717, 1.165) is 19.6 Å². The third-order valence-corrected chi connectivity index (χ3v) is 6.02. The summed E-state index contributed by atoms with van der Waals surface area (Å²) in [6, 6.07) is 14.0. The molecular weight excluding hydrogens is 420 g/mol. The minimum Gasteiger partial charge on any atom is -0.495 e. The van der Waals surface area contributed by atoms with E-state index in [1.807, 2.05) is 4.90 Å². The lowest BCUT2D eigenvalue weighted by molar-refractivity contribution is -0.121. The van der Waals surface area contributed by atoms with Crippen LogP contribution in [-0.2, 0) is 14.4 Å². The second-order valence-corrected chi connectivity index (χ2v) is 8.02. The zero-order valence-electron chi connectivity index (χ0n) is 19.1. The van der Waals surface area contributed by atoms with Crippen LogP contribution >= 0.6 is 0 Å². The number of anilines is 2. The summed E-state index contributed by atoms with van der Waals surface area (Å²) in [5, 5.41) is 2.73. The van der Waals surface area contributed by atoms with Crippen molar-refractivity contribution >= 4 is 34.7 Å². The fourth-order valence-corrected chi connectivity index (χ4v) is 4.32. The van der Waals surface area contributed by atoms with Gasteiger partial charge >= 0.3 is 0 Å². The highest BCUT2D eigenvalue weighted by atomic mass is 16.5. The van der Waals surface area contributed by atoms with Crippen LogP contribution in [0.25, 0.3) is 5.57 Å². The van der Waals surface area contributed by atoms with Gasteiger partial charge in [0, 0.05) is 38.8 Å². The van der Waals surface area contributed by atoms with Crippen LogP contribution in [0.4, 0.5) is 11.4 Å². The van der Waals surface area contributed by atoms with Crippen LogP contribution in [0.1, 0.15) is 19.4 Å². The molecule has 2 aliphatic rings. The number of hydrogen-bond acceptors (Lipinski definition) is 6. The first-order valence-corrected chi connectivity index (χ1v) is 11.1.